The Labute approximate surface area is 148 Å². The number of para-hydroxylation sites is 2. The lowest BCUT2D eigenvalue weighted by atomic mass is 10.2. The van der Waals surface area contributed by atoms with E-state index >= 15 is 0 Å². The van der Waals surface area contributed by atoms with Crippen LogP contribution in [0.1, 0.15) is 6.92 Å². The molecule has 3 rings (SSSR count). The van der Waals surface area contributed by atoms with Crippen molar-refractivity contribution in [3.05, 3.63) is 24.3 Å². The summed E-state index contributed by atoms with van der Waals surface area (Å²) >= 11 is 0. The number of ether oxygens (including phenoxy) is 3. The molecule has 0 spiro atoms. The molecule has 1 aromatic carbocycles. The average molecular weight is 349 g/mol. The standard InChI is InChI=1S/C18H27N3O4/c1-3-21-12-15(25-17-7-5-4-6-16(17)21)11-20(2)18(22)19-10-14-13-23-8-9-24-14/h4-7,14-15H,3,8-13H2,1-2H3,(H,19,22)/t14-,15-/m0/s1. The third-order valence-electron chi connectivity index (χ3n) is 4.50. The summed E-state index contributed by atoms with van der Waals surface area (Å²) in [5.41, 5.74) is 1.11. The number of likely N-dealkylation sites (N-methyl/N-ethyl adjacent to an activating group) is 2. The number of amides is 2. The summed E-state index contributed by atoms with van der Waals surface area (Å²) in [5.74, 6) is 0.877. The van der Waals surface area contributed by atoms with Gasteiger partial charge in [-0.25, -0.2) is 4.79 Å². The fourth-order valence-corrected chi connectivity index (χ4v) is 3.15. The monoisotopic (exact) mass is 349 g/mol. The molecule has 1 N–H and O–H groups in total. The molecule has 0 aromatic heterocycles. The quantitative estimate of drug-likeness (QED) is 0.869. The molecule has 2 aliphatic heterocycles. The van der Waals surface area contributed by atoms with Crippen LogP contribution in [0.25, 0.3) is 0 Å². The fraction of sp³-hybridized carbons (Fsp3) is 0.611. The van der Waals surface area contributed by atoms with Gasteiger partial charge in [-0.15, -0.1) is 0 Å². The largest absolute Gasteiger partial charge is 0.485 e. The van der Waals surface area contributed by atoms with Crippen molar-refractivity contribution in [2.24, 2.45) is 0 Å². The van der Waals surface area contributed by atoms with E-state index in [2.05, 4.69) is 23.2 Å². The van der Waals surface area contributed by atoms with Crippen LogP contribution in [0.3, 0.4) is 0 Å². The van der Waals surface area contributed by atoms with E-state index in [1.54, 1.807) is 11.9 Å². The Morgan fingerprint density at radius 3 is 2.92 bits per heavy atom. The van der Waals surface area contributed by atoms with Crippen LogP contribution in [-0.4, -0.2) is 76.2 Å². The highest BCUT2D eigenvalue weighted by Crippen LogP contribution is 2.32. The van der Waals surface area contributed by atoms with Crippen molar-refractivity contribution < 1.29 is 19.0 Å². The minimum atomic E-state index is -0.125. The maximum atomic E-state index is 12.3. The lowest BCUT2D eigenvalue weighted by Crippen LogP contribution is -2.50. The Bertz CT molecular complexity index is 577. The Hall–Kier alpha value is -1.99. The zero-order valence-electron chi connectivity index (χ0n) is 14.9. The molecule has 0 bridgehead atoms. The van der Waals surface area contributed by atoms with E-state index in [1.807, 2.05) is 18.2 Å². The summed E-state index contributed by atoms with van der Waals surface area (Å²) in [6.45, 7) is 6.52. The van der Waals surface area contributed by atoms with Gasteiger partial charge in [-0.05, 0) is 19.1 Å². The third kappa shape index (κ3) is 4.55. The van der Waals surface area contributed by atoms with Gasteiger partial charge in [-0.2, -0.15) is 0 Å². The number of hydrogen-bond donors (Lipinski definition) is 1. The summed E-state index contributed by atoms with van der Waals surface area (Å²) in [4.78, 5) is 16.2. The summed E-state index contributed by atoms with van der Waals surface area (Å²) < 4.78 is 16.9. The molecule has 25 heavy (non-hydrogen) atoms. The van der Waals surface area contributed by atoms with Crippen LogP contribution in [0, 0.1) is 0 Å². The molecule has 2 heterocycles. The number of hydrogen-bond acceptors (Lipinski definition) is 5. The minimum Gasteiger partial charge on any atom is -0.485 e. The van der Waals surface area contributed by atoms with Crippen molar-refractivity contribution in [3.63, 3.8) is 0 Å². The number of benzene rings is 1. The van der Waals surface area contributed by atoms with Crippen molar-refractivity contribution in [3.8, 4) is 5.75 Å². The molecule has 138 valence electrons. The molecule has 2 aliphatic rings. The van der Waals surface area contributed by atoms with Crippen LogP contribution in [0.15, 0.2) is 24.3 Å². The van der Waals surface area contributed by atoms with Crippen molar-refractivity contribution in [1.29, 1.82) is 0 Å². The molecule has 2 atom stereocenters. The predicted molar refractivity (Wildman–Crippen MR) is 95.3 cm³/mol. The SMILES string of the molecule is CCN1C[C@H](CN(C)C(=O)NC[C@H]2COCCO2)Oc2ccccc21. The van der Waals surface area contributed by atoms with Gasteiger partial charge in [0.2, 0.25) is 0 Å². The second-order valence-electron chi connectivity index (χ2n) is 6.38. The first-order valence-corrected chi connectivity index (χ1v) is 8.86. The van der Waals surface area contributed by atoms with Gasteiger partial charge in [0, 0.05) is 20.1 Å². The summed E-state index contributed by atoms with van der Waals surface area (Å²) in [6.07, 6.45) is -0.126. The van der Waals surface area contributed by atoms with E-state index in [0.717, 1.165) is 24.5 Å². The molecule has 1 saturated heterocycles. The van der Waals surface area contributed by atoms with Crippen LogP contribution in [0.4, 0.5) is 10.5 Å². The molecular formula is C18H27N3O4. The van der Waals surface area contributed by atoms with Gasteiger partial charge in [-0.3, -0.25) is 0 Å². The zero-order valence-corrected chi connectivity index (χ0v) is 14.9. The van der Waals surface area contributed by atoms with Crippen molar-refractivity contribution >= 4 is 11.7 Å². The number of rotatable bonds is 5. The first-order valence-electron chi connectivity index (χ1n) is 8.86. The second-order valence-corrected chi connectivity index (χ2v) is 6.38. The lowest BCUT2D eigenvalue weighted by molar-refractivity contribution is -0.0855. The molecule has 2 amide bonds. The van der Waals surface area contributed by atoms with Gasteiger partial charge in [-0.1, -0.05) is 12.1 Å². The van der Waals surface area contributed by atoms with Gasteiger partial charge >= 0.3 is 6.03 Å². The number of urea groups is 1. The maximum absolute atomic E-state index is 12.3. The van der Waals surface area contributed by atoms with Gasteiger partial charge in [0.25, 0.3) is 0 Å². The first-order chi connectivity index (χ1) is 12.2. The summed E-state index contributed by atoms with van der Waals surface area (Å²) in [5, 5.41) is 2.90. The number of anilines is 1. The number of fused-ring (bicyclic) bond motifs is 1. The van der Waals surface area contributed by atoms with Crippen molar-refractivity contribution in [2.45, 2.75) is 19.1 Å². The number of carbonyl (C=O) groups is 1. The van der Waals surface area contributed by atoms with E-state index < -0.39 is 0 Å². The van der Waals surface area contributed by atoms with Crippen LogP contribution in [0.5, 0.6) is 5.75 Å². The Kier molecular flexibility index (Phi) is 5.99. The van der Waals surface area contributed by atoms with E-state index in [-0.39, 0.29) is 18.2 Å². The summed E-state index contributed by atoms with van der Waals surface area (Å²) in [7, 11) is 1.79. The molecule has 0 unspecified atom stereocenters. The molecular weight excluding hydrogens is 322 g/mol. The number of carbonyl (C=O) groups excluding carboxylic acids is 1. The average Bonchev–Trinajstić information content (AvgIpc) is 2.66. The highest BCUT2D eigenvalue weighted by atomic mass is 16.6. The Morgan fingerprint density at radius 1 is 1.32 bits per heavy atom. The van der Waals surface area contributed by atoms with Crippen LogP contribution in [0.2, 0.25) is 0 Å². The Morgan fingerprint density at radius 2 is 2.16 bits per heavy atom. The van der Waals surface area contributed by atoms with Crippen LogP contribution >= 0.6 is 0 Å². The molecule has 1 aromatic rings. The minimum absolute atomic E-state index is 0.0557. The lowest BCUT2D eigenvalue weighted by Gasteiger charge is -2.37. The molecule has 1 fully saturated rings. The smallest absolute Gasteiger partial charge is 0.317 e. The van der Waals surface area contributed by atoms with Crippen molar-refractivity contribution in [1.82, 2.24) is 10.2 Å². The highest BCUT2D eigenvalue weighted by Gasteiger charge is 2.27. The van der Waals surface area contributed by atoms with Crippen LogP contribution < -0.4 is 15.0 Å². The fourth-order valence-electron chi connectivity index (χ4n) is 3.15. The van der Waals surface area contributed by atoms with E-state index in [9.17, 15) is 4.79 Å². The first kappa shape index (κ1) is 17.8. The van der Waals surface area contributed by atoms with Gasteiger partial charge < -0.3 is 29.3 Å². The molecule has 7 nitrogen and oxygen atoms in total. The predicted octanol–water partition coefficient (Wildman–Crippen LogP) is 1.33. The maximum Gasteiger partial charge on any atom is 0.317 e. The molecule has 0 saturated carbocycles. The molecule has 7 heteroatoms. The Balaban J connectivity index is 1.50. The molecule has 0 aliphatic carbocycles. The van der Waals surface area contributed by atoms with E-state index in [1.165, 1.54) is 0 Å². The van der Waals surface area contributed by atoms with E-state index in [0.29, 0.717) is 32.9 Å². The third-order valence-corrected chi connectivity index (χ3v) is 4.50. The van der Waals surface area contributed by atoms with Gasteiger partial charge in [0.1, 0.15) is 11.9 Å². The zero-order chi connectivity index (χ0) is 17.6. The number of nitrogens with one attached hydrogen (secondary N) is 1. The topological polar surface area (TPSA) is 63.3 Å². The second kappa shape index (κ2) is 8.40. The molecule has 0 radical (unpaired) electrons. The van der Waals surface area contributed by atoms with Crippen LogP contribution in [-0.2, 0) is 9.47 Å². The summed E-state index contributed by atoms with van der Waals surface area (Å²) in [6, 6.07) is 7.90. The normalized spacial score (nSPS) is 22.7. The highest BCUT2D eigenvalue weighted by molar-refractivity contribution is 5.74. The number of nitrogens with zero attached hydrogens (tertiary/aromatic N) is 2. The van der Waals surface area contributed by atoms with Gasteiger partial charge in [0.05, 0.1) is 44.7 Å². The van der Waals surface area contributed by atoms with Gasteiger partial charge in [0.15, 0.2) is 0 Å². The van der Waals surface area contributed by atoms with E-state index in [4.69, 9.17) is 14.2 Å². The van der Waals surface area contributed by atoms with Crippen molar-refractivity contribution in [2.75, 3.05) is 57.9 Å².